The van der Waals surface area contributed by atoms with Crippen molar-refractivity contribution in [2.24, 2.45) is 11.3 Å². The van der Waals surface area contributed by atoms with Crippen LogP contribution in [-0.2, 0) is 9.53 Å². The summed E-state index contributed by atoms with van der Waals surface area (Å²) >= 11 is 0. The molecule has 2 saturated heterocycles. The quantitative estimate of drug-likeness (QED) is 0.795. The standard InChI is InChI=1S/C21H26F2N2O3/c22-17-2-1-15(13-18(17)23)20(27)25-7-5-21(6-8-25)4-3-16(21)14-19(26)24-9-11-28-12-10-24/h1-2,13,16H,3-12,14H2. The number of hydrogen-bond acceptors (Lipinski definition) is 3. The van der Waals surface area contributed by atoms with E-state index in [0.29, 0.717) is 51.7 Å². The minimum Gasteiger partial charge on any atom is -0.378 e. The lowest BCUT2D eigenvalue weighted by Crippen LogP contribution is -2.52. The minimum absolute atomic E-state index is 0.146. The van der Waals surface area contributed by atoms with E-state index in [9.17, 15) is 18.4 Å². The molecule has 2 amide bonds. The fourth-order valence-corrected chi connectivity index (χ4v) is 4.85. The van der Waals surface area contributed by atoms with Gasteiger partial charge in [-0.2, -0.15) is 0 Å². The van der Waals surface area contributed by atoms with Gasteiger partial charge in [-0.1, -0.05) is 0 Å². The van der Waals surface area contributed by atoms with Crippen LogP contribution in [0, 0.1) is 23.0 Å². The lowest BCUT2D eigenvalue weighted by molar-refractivity contribution is -0.141. The van der Waals surface area contributed by atoms with Gasteiger partial charge in [-0.05, 0) is 55.2 Å². The smallest absolute Gasteiger partial charge is 0.253 e. The first-order chi connectivity index (χ1) is 13.5. The molecule has 1 spiro atoms. The molecule has 1 saturated carbocycles. The number of nitrogens with zero attached hydrogens (tertiary/aromatic N) is 2. The lowest BCUT2D eigenvalue weighted by atomic mass is 9.54. The summed E-state index contributed by atoms with van der Waals surface area (Å²) in [6.45, 7) is 3.77. The first-order valence-electron chi connectivity index (χ1n) is 10.1. The highest BCUT2D eigenvalue weighted by atomic mass is 19.2. The van der Waals surface area contributed by atoms with Gasteiger partial charge in [0, 0.05) is 38.2 Å². The summed E-state index contributed by atoms with van der Waals surface area (Å²) in [5, 5.41) is 0. The Hall–Kier alpha value is -2.02. The molecule has 0 aromatic heterocycles. The molecule has 152 valence electrons. The van der Waals surface area contributed by atoms with E-state index in [0.717, 1.165) is 37.8 Å². The maximum Gasteiger partial charge on any atom is 0.253 e. The number of ether oxygens (including phenoxy) is 1. The van der Waals surface area contributed by atoms with Crippen LogP contribution in [0.1, 0.15) is 42.5 Å². The molecule has 0 radical (unpaired) electrons. The third-order valence-corrected chi connectivity index (χ3v) is 6.85. The Kier molecular flexibility index (Phi) is 5.36. The number of carbonyl (C=O) groups is 2. The van der Waals surface area contributed by atoms with Gasteiger partial charge in [-0.3, -0.25) is 9.59 Å². The molecule has 4 rings (SSSR count). The number of carbonyl (C=O) groups excluding carboxylic acids is 2. The van der Waals surface area contributed by atoms with Crippen molar-refractivity contribution in [2.75, 3.05) is 39.4 Å². The number of likely N-dealkylation sites (tertiary alicyclic amines) is 1. The van der Waals surface area contributed by atoms with E-state index in [1.165, 1.54) is 6.07 Å². The molecule has 5 nitrogen and oxygen atoms in total. The highest BCUT2D eigenvalue weighted by molar-refractivity contribution is 5.94. The molecule has 3 fully saturated rings. The summed E-state index contributed by atoms with van der Waals surface area (Å²) in [7, 11) is 0. The molecule has 1 atom stereocenters. The van der Waals surface area contributed by atoms with Crippen LogP contribution in [0.5, 0.6) is 0 Å². The van der Waals surface area contributed by atoms with Crippen molar-refractivity contribution >= 4 is 11.8 Å². The zero-order chi connectivity index (χ0) is 19.7. The van der Waals surface area contributed by atoms with E-state index in [1.54, 1.807) is 4.90 Å². The van der Waals surface area contributed by atoms with Gasteiger partial charge in [0.2, 0.25) is 5.91 Å². The number of piperidine rings is 1. The molecule has 1 aromatic carbocycles. The molecular weight excluding hydrogens is 366 g/mol. The molecule has 2 heterocycles. The van der Waals surface area contributed by atoms with Crippen LogP contribution >= 0.6 is 0 Å². The Balaban J connectivity index is 1.33. The SMILES string of the molecule is O=C(CC1CCC12CCN(C(=O)c1ccc(F)c(F)c1)CC2)N1CCOCC1. The van der Waals surface area contributed by atoms with Crippen LogP contribution in [0.3, 0.4) is 0 Å². The predicted molar refractivity (Wildman–Crippen MR) is 98.7 cm³/mol. The normalized spacial score (nSPS) is 24.1. The van der Waals surface area contributed by atoms with E-state index in [4.69, 9.17) is 4.74 Å². The largest absolute Gasteiger partial charge is 0.378 e. The van der Waals surface area contributed by atoms with Gasteiger partial charge in [0.15, 0.2) is 11.6 Å². The van der Waals surface area contributed by atoms with Gasteiger partial charge in [0.05, 0.1) is 13.2 Å². The van der Waals surface area contributed by atoms with E-state index in [-0.39, 0.29) is 22.8 Å². The van der Waals surface area contributed by atoms with Crippen molar-refractivity contribution in [1.82, 2.24) is 9.80 Å². The molecular formula is C21H26F2N2O3. The second-order valence-corrected chi connectivity index (χ2v) is 8.22. The Morgan fingerprint density at radius 1 is 1.00 bits per heavy atom. The molecule has 0 bridgehead atoms. The fourth-order valence-electron chi connectivity index (χ4n) is 4.85. The van der Waals surface area contributed by atoms with E-state index >= 15 is 0 Å². The van der Waals surface area contributed by atoms with Crippen molar-refractivity contribution in [1.29, 1.82) is 0 Å². The highest BCUT2D eigenvalue weighted by Gasteiger charge is 2.49. The summed E-state index contributed by atoms with van der Waals surface area (Å²) in [6, 6.07) is 3.29. The van der Waals surface area contributed by atoms with Crippen LogP contribution in [0.25, 0.3) is 0 Å². The first kappa shape index (κ1) is 19.3. The van der Waals surface area contributed by atoms with Gasteiger partial charge in [0.1, 0.15) is 0 Å². The monoisotopic (exact) mass is 392 g/mol. The number of benzene rings is 1. The van der Waals surface area contributed by atoms with Crippen molar-refractivity contribution in [3.63, 3.8) is 0 Å². The zero-order valence-electron chi connectivity index (χ0n) is 16.0. The molecule has 28 heavy (non-hydrogen) atoms. The van der Waals surface area contributed by atoms with Crippen molar-refractivity contribution in [2.45, 2.75) is 32.1 Å². The Bertz CT molecular complexity index is 756. The molecule has 2 aliphatic heterocycles. The summed E-state index contributed by atoms with van der Waals surface area (Å²) in [4.78, 5) is 28.8. The van der Waals surface area contributed by atoms with Crippen LogP contribution in [0.4, 0.5) is 8.78 Å². The van der Waals surface area contributed by atoms with Crippen LogP contribution in [0.2, 0.25) is 0 Å². The lowest BCUT2D eigenvalue weighted by Gasteiger charge is -2.54. The van der Waals surface area contributed by atoms with Crippen molar-refractivity contribution in [3.8, 4) is 0 Å². The second kappa shape index (κ2) is 7.78. The van der Waals surface area contributed by atoms with Crippen molar-refractivity contribution < 1.29 is 23.1 Å². The predicted octanol–water partition coefficient (Wildman–Crippen LogP) is 2.85. The van der Waals surface area contributed by atoms with Gasteiger partial charge in [-0.15, -0.1) is 0 Å². The third kappa shape index (κ3) is 3.64. The molecule has 1 unspecified atom stereocenters. The second-order valence-electron chi connectivity index (χ2n) is 8.22. The van der Waals surface area contributed by atoms with Crippen LogP contribution in [0.15, 0.2) is 18.2 Å². The van der Waals surface area contributed by atoms with Gasteiger partial charge in [0.25, 0.3) is 5.91 Å². The van der Waals surface area contributed by atoms with Gasteiger partial charge in [-0.25, -0.2) is 8.78 Å². The van der Waals surface area contributed by atoms with Crippen LogP contribution in [-0.4, -0.2) is 61.0 Å². The summed E-state index contributed by atoms with van der Waals surface area (Å²) in [5.74, 6) is -1.61. The number of hydrogen-bond donors (Lipinski definition) is 0. The van der Waals surface area contributed by atoms with Crippen molar-refractivity contribution in [3.05, 3.63) is 35.4 Å². The molecule has 1 aliphatic carbocycles. The highest BCUT2D eigenvalue weighted by Crippen LogP contribution is 2.55. The van der Waals surface area contributed by atoms with Gasteiger partial charge >= 0.3 is 0 Å². The molecule has 7 heteroatoms. The number of rotatable bonds is 3. The molecule has 1 aromatic rings. The summed E-state index contributed by atoms with van der Waals surface area (Å²) < 4.78 is 31.8. The first-order valence-corrected chi connectivity index (χ1v) is 10.1. The zero-order valence-corrected chi connectivity index (χ0v) is 16.0. The number of halogens is 2. The fraction of sp³-hybridized carbons (Fsp3) is 0.619. The average molecular weight is 392 g/mol. The summed E-state index contributed by atoms with van der Waals surface area (Å²) in [5.41, 5.74) is 0.328. The minimum atomic E-state index is -1.000. The topological polar surface area (TPSA) is 49.9 Å². The Labute approximate surface area is 163 Å². The summed E-state index contributed by atoms with van der Waals surface area (Å²) in [6.07, 6.45) is 4.47. The number of morpholine rings is 1. The van der Waals surface area contributed by atoms with E-state index in [1.807, 2.05) is 4.90 Å². The number of amides is 2. The average Bonchev–Trinajstić information content (AvgIpc) is 2.73. The van der Waals surface area contributed by atoms with Crippen LogP contribution < -0.4 is 0 Å². The molecule has 0 N–H and O–H groups in total. The van der Waals surface area contributed by atoms with Gasteiger partial charge < -0.3 is 14.5 Å². The maximum absolute atomic E-state index is 13.4. The van der Waals surface area contributed by atoms with E-state index < -0.39 is 11.6 Å². The maximum atomic E-state index is 13.4. The molecule has 3 aliphatic rings. The Morgan fingerprint density at radius 2 is 1.71 bits per heavy atom. The van der Waals surface area contributed by atoms with E-state index in [2.05, 4.69) is 0 Å². The Morgan fingerprint density at radius 3 is 2.32 bits per heavy atom. The third-order valence-electron chi connectivity index (χ3n) is 6.85.